The Bertz CT molecular complexity index is 128. The Morgan fingerprint density at radius 2 is 0.778 bits per heavy atom. The fraction of sp³-hybridized carbons (Fsp3) is 0. The minimum absolute atomic E-state index is 0. The molecule has 0 fully saturated rings. The zero-order chi connectivity index (χ0) is 7.15. The molecule has 0 amide bonds. The first-order valence-corrected chi connectivity index (χ1v) is 6.48. The van der Waals surface area contributed by atoms with E-state index in [2.05, 4.69) is 0 Å². The van der Waals surface area contributed by atoms with Gasteiger partial charge in [-0.3, -0.25) is 0 Å². The van der Waals surface area contributed by atoms with Crippen molar-refractivity contribution < 1.29 is 57.8 Å². The van der Waals surface area contributed by atoms with Crippen LogP contribution in [0, 0.1) is 0 Å². The molecule has 0 saturated carbocycles. The fourth-order valence-electron chi connectivity index (χ4n) is 0. The molecule has 0 aliphatic carbocycles. The summed E-state index contributed by atoms with van der Waals surface area (Å²) in [5.74, 6) is 0. The first-order chi connectivity index (χ1) is 3.46. The predicted molar refractivity (Wildman–Crippen MR) is 8.50 cm³/mol. The van der Waals surface area contributed by atoms with Gasteiger partial charge in [0, 0.05) is 0 Å². The topological polar surface area (TPSA) is 114 Å². The van der Waals surface area contributed by atoms with Gasteiger partial charge in [0.15, 0.2) is 0 Å². The summed E-state index contributed by atoms with van der Waals surface area (Å²) >= 11 is -8.40. The van der Waals surface area contributed by atoms with Crippen molar-refractivity contribution in [3.05, 3.63) is 0 Å². The molecule has 48 valence electrons. The van der Waals surface area contributed by atoms with Gasteiger partial charge in [-0.15, -0.1) is 0 Å². The number of hydrogen-bond donors (Lipinski definition) is 0. The summed E-state index contributed by atoms with van der Waals surface area (Å²) in [6.45, 7) is 0. The summed E-state index contributed by atoms with van der Waals surface area (Å²) in [7, 11) is 0. The van der Waals surface area contributed by atoms with Crippen LogP contribution in [0.5, 0.6) is 0 Å². The number of hydrogen-bond acceptors (Lipinski definition) is 6. The van der Waals surface area contributed by atoms with Crippen molar-refractivity contribution in [2.24, 2.45) is 0 Å². The van der Waals surface area contributed by atoms with Crippen molar-refractivity contribution in [3.63, 3.8) is 0 Å². The molecule has 9 heavy (non-hydrogen) atoms. The molecule has 0 aromatic heterocycles. The molecular weight excluding hydrogens is 291 g/mol. The van der Waals surface area contributed by atoms with Crippen LogP contribution in [0.25, 0.3) is 0 Å². The summed E-state index contributed by atoms with van der Waals surface area (Å²) in [4.78, 5) is 0. The van der Waals surface area contributed by atoms with Gasteiger partial charge in [-0.1, -0.05) is 0 Å². The van der Waals surface area contributed by atoms with Crippen LogP contribution in [-0.4, -0.2) is 10.1 Å². The van der Waals surface area contributed by atoms with Gasteiger partial charge in [0.25, 0.3) is 0 Å². The van der Waals surface area contributed by atoms with Gasteiger partial charge in [0.2, 0.25) is 0 Å². The second-order valence-electron chi connectivity index (χ2n) is 0.447. The van der Waals surface area contributed by atoms with E-state index in [-0.39, 0.29) is 10.1 Å². The summed E-state index contributed by atoms with van der Waals surface area (Å²) < 4.78 is 51.6. The molecule has 0 unspecified atom stereocenters. The SMILES string of the molecule is [Be+2].[O]=[Nb](=[O])[O-].[O]=[Nb](=[O])[O-]. The van der Waals surface area contributed by atoms with Gasteiger partial charge >= 0.3 is 67.9 Å². The normalized spacial score (nSPS) is 5.56. The van der Waals surface area contributed by atoms with Crippen LogP contribution in [0.3, 0.4) is 0 Å². The Hall–Kier alpha value is 0.769. The van der Waals surface area contributed by atoms with Gasteiger partial charge < -0.3 is 0 Å². The molecule has 9 heteroatoms. The van der Waals surface area contributed by atoms with E-state index in [1.54, 1.807) is 0 Å². The van der Waals surface area contributed by atoms with Crippen molar-refractivity contribution in [1.29, 1.82) is 0 Å². The quantitative estimate of drug-likeness (QED) is 0.433. The third-order valence-corrected chi connectivity index (χ3v) is 0. The molecule has 0 aliphatic heterocycles. The molecule has 0 bridgehead atoms. The summed E-state index contributed by atoms with van der Waals surface area (Å²) in [5.41, 5.74) is 0. The van der Waals surface area contributed by atoms with Crippen LogP contribution in [0.15, 0.2) is 0 Å². The Morgan fingerprint density at radius 1 is 0.778 bits per heavy atom. The third kappa shape index (κ3) is 679. The van der Waals surface area contributed by atoms with Gasteiger partial charge in [-0.2, -0.15) is 0 Å². The van der Waals surface area contributed by atoms with Gasteiger partial charge in [-0.05, 0) is 0 Å². The van der Waals surface area contributed by atoms with E-state index in [4.69, 9.17) is 20.2 Å². The molecular formula is BeNb2O6. The van der Waals surface area contributed by atoms with Crippen LogP contribution in [-0.2, 0) is 50.6 Å². The summed E-state index contributed by atoms with van der Waals surface area (Å²) in [6.07, 6.45) is 0. The van der Waals surface area contributed by atoms with E-state index in [9.17, 15) is 0 Å². The second-order valence-corrected chi connectivity index (χ2v) is 2.65. The monoisotopic (exact) mass is 291 g/mol. The van der Waals surface area contributed by atoms with E-state index in [1.807, 2.05) is 0 Å². The maximum absolute atomic E-state index is 8.60. The molecule has 0 aromatic rings. The summed E-state index contributed by atoms with van der Waals surface area (Å²) in [6, 6.07) is 0. The van der Waals surface area contributed by atoms with E-state index in [0.717, 1.165) is 0 Å². The van der Waals surface area contributed by atoms with Crippen LogP contribution >= 0.6 is 0 Å². The third-order valence-electron chi connectivity index (χ3n) is 0. The Kier molecular flexibility index (Phi) is 21.0. The molecule has 0 aromatic carbocycles. The molecule has 0 radical (unpaired) electrons. The standard InChI is InChI=1S/Be.2Nb.6O/q+2;;;;;;;2*-1. The van der Waals surface area contributed by atoms with Crippen LogP contribution in [0.4, 0.5) is 0 Å². The molecule has 0 atom stereocenters. The van der Waals surface area contributed by atoms with Crippen molar-refractivity contribution in [2.75, 3.05) is 0 Å². The average molecular weight is 291 g/mol. The molecule has 0 rings (SSSR count). The van der Waals surface area contributed by atoms with Crippen LogP contribution in [0.2, 0.25) is 0 Å². The van der Waals surface area contributed by atoms with Crippen molar-refractivity contribution >= 4 is 10.1 Å². The fourth-order valence-corrected chi connectivity index (χ4v) is 0. The average Bonchev–Trinajstić information content (AvgIpc) is 1.25. The van der Waals surface area contributed by atoms with Crippen LogP contribution < -0.4 is 7.23 Å². The second kappa shape index (κ2) is 11.6. The maximum atomic E-state index is 8.60. The first-order valence-electron chi connectivity index (χ1n) is 1.10. The first kappa shape index (κ1) is 16.4. The predicted octanol–water partition coefficient (Wildman–Crippen LogP) is -3.24. The van der Waals surface area contributed by atoms with Crippen molar-refractivity contribution in [2.45, 2.75) is 0 Å². The Morgan fingerprint density at radius 3 is 0.778 bits per heavy atom. The van der Waals surface area contributed by atoms with E-state index < -0.39 is 37.6 Å². The molecule has 0 spiro atoms. The summed E-state index contributed by atoms with van der Waals surface area (Å²) in [5, 5.41) is 0. The van der Waals surface area contributed by atoms with Gasteiger partial charge in [0.05, 0.1) is 0 Å². The minimum atomic E-state index is -4.20. The molecule has 6 nitrogen and oxygen atoms in total. The van der Waals surface area contributed by atoms with E-state index >= 15 is 0 Å². The zero-order valence-electron chi connectivity index (χ0n) is 4.05. The van der Waals surface area contributed by atoms with Crippen molar-refractivity contribution in [3.8, 4) is 0 Å². The molecule has 0 saturated heterocycles. The molecule has 0 heterocycles. The van der Waals surface area contributed by atoms with E-state index in [0.29, 0.717) is 0 Å². The van der Waals surface area contributed by atoms with Gasteiger partial charge in [0.1, 0.15) is 0 Å². The van der Waals surface area contributed by atoms with E-state index in [1.165, 1.54) is 0 Å². The molecule has 0 N–H and O–H groups in total. The van der Waals surface area contributed by atoms with Crippen LogP contribution in [0.1, 0.15) is 0 Å². The van der Waals surface area contributed by atoms with Gasteiger partial charge in [-0.25, -0.2) is 0 Å². The van der Waals surface area contributed by atoms with Crippen molar-refractivity contribution in [1.82, 2.24) is 0 Å². The number of rotatable bonds is 0. The Balaban J connectivity index is -0.0000000720. The Labute approximate surface area is 67.7 Å². The zero-order valence-corrected chi connectivity index (χ0v) is 8.45. The molecule has 0 aliphatic rings.